The molecular formula is C12H14N2O. The number of primary amides is 1. The van der Waals surface area contributed by atoms with Crippen molar-refractivity contribution in [3.8, 4) is 0 Å². The topological polar surface area (TPSA) is 69.1 Å². The van der Waals surface area contributed by atoms with E-state index in [0.717, 1.165) is 24.8 Å². The van der Waals surface area contributed by atoms with E-state index in [1.165, 1.54) is 0 Å². The molecule has 4 N–H and O–H groups in total. The van der Waals surface area contributed by atoms with Crippen LogP contribution >= 0.6 is 0 Å². The van der Waals surface area contributed by atoms with E-state index in [-0.39, 0.29) is 5.91 Å². The average molecular weight is 202 g/mol. The first-order valence-corrected chi connectivity index (χ1v) is 5.05. The Morgan fingerprint density at radius 1 is 1.33 bits per heavy atom. The highest BCUT2D eigenvalue weighted by molar-refractivity contribution is 5.86. The Bertz CT molecular complexity index is 419. The summed E-state index contributed by atoms with van der Waals surface area (Å²) in [5, 5.41) is 0. The number of hydrogen-bond acceptors (Lipinski definition) is 2. The van der Waals surface area contributed by atoms with Crippen LogP contribution in [0.5, 0.6) is 0 Å². The minimum atomic E-state index is -0.470. The van der Waals surface area contributed by atoms with Crippen molar-refractivity contribution in [3.05, 3.63) is 41.3 Å². The first kappa shape index (κ1) is 9.81. The molecule has 1 saturated carbocycles. The molecule has 0 aromatic heterocycles. The maximum Gasteiger partial charge on any atom is 0.228 e. The van der Waals surface area contributed by atoms with E-state index in [1.807, 2.05) is 6.08 Å². The van der Waals surface area contributed by atoms with Crippen LogP contribution in [0.2, 0.25) is 0 Å². The zero-order valence-electron chi connectivity index (χ0n) is 8.49. The van der Waals surface area contributed by atoms with Crippen LogP contribution in [0.1, 0.15) is 19.3 Å². The number of carbonyl (C=O) groups excluding carboxylic acids is 1. The zero-order chi connectivity index (χ0) is 10.9. The van der Waals surface area contributed by atoms with Gasteiger partial charge in [0.05, 0.1) is 5.41 Å². The number of rotatable bonds is 2. The molecule has 1 fully saturated rings. The predicted molar refractivity (Wildman–Crippen MR) is 58.5 cm³/mol. The predicted octanol–water partition coefficient (Wildman–Crippen LogP) is 1.14. The van der Waals surface area contributed by atoms with Gasteiger partial charge in [0, 0.05) is 11.8 Å². The molecule has 0 aromatic carbocycles. The van der Waals surface area contributed by atoms with Crippen LogP contribution in [0.15, 0.2) is 41.3 Å². The molecule has 0 atom stereocenters. The van der Waals surface area contributed by atoms with Gasteiger partial charge >= 0.3 is 0 Å². The van der Waals surface area contributed by atoms with E-state index in [9.17, 15) is 4.79 Å². The first-order valence-electron chi connectivity index (χ1n) is 5.05. The second-order valence-electron chi connectivity index (χ2n) is 4.04. The van der Waals surface area contributed by atoms with Crippen molar-refractivity contribution in [1.29, 1.82) is 0 Å². The van der Waals surface area contributed by atoms with Crippen LogP contribution in [0, 0.1) is 5.41 Å². The van der Waals surface area contributed by atoms with Gasteiger partial charge in [0.25, 0.3) is 0 Å². The summed E-state index contributed by atoms with van der Waals surface area (Å²) in [7, 11) is 0. The molecule has 1 amide bonds. The van der Waals surface area contributed by atoms with Crippen LogP contribution in [0.4, 0.5) is 0 Å². The minimum absolute atomic E-state index is 0.244. The van der Waals surface area contributed by atoms with Gasteiger partial charge in [-0.15, -0.1) is 5.73 Å². The first-order chi connectivity index (χ1) is 7.15. The Morgan fingerprint density at radius 3 is 2.60 bits per heavy atom. The summed E-state index contributed by atoms with van der Waals surface area (Å²) in [6, 6.07) is 0. The average Bonchev–Trinajstić information content (AvgIpc) is 2.29. The van der Waals surface area contributed by atoms with E-state index >= 15 is 0 Å². The van der Waals surface area contributed by atoms with Crippen molar-refractivity contribution in [2.24, 2.45) is 16.9 Å². The van der Waals surface area contributed by atoms with Gasteiger partial charge in [-0.2, -0.15) is 0 Å². The molecule has 0 radical (unpaired) electrons. The van der Waals surface area contributed by atoms with Crippen molar-refractivity contribution in [1.82, 2.24) is 0 Å². The van der Waals surface area contributed by atoms with Gasteiger partial charge in [0.1, 0.15) is 0 Å². The quantitative estimate of drug-likeness (QED) is 0.659. The lowest BCUT2D eigenvalue weighted by Gasteiger charge is -2.39. The van der Waals surface area contributed by atoms with E-state index in [4.69, 9.17) is 11.5 Å². The Balaban J connectivity index is 2.39. The molecule has 78 valence electrons. The lowest BCUT2D eigenvalue weighted by atomic mass is 9.63. The molecule has 0 spiro atoms. The fourth-order valence-electron chi connectivity index (χ4n) is 2.02. The lowest BCUT2D eigenvalue weighted by Crippen LogP contribution is -2.43. The Labute approximate surface area is 88.8 Å². The highest BCUT2D eigenvalue weighted by Crippen LogP contribution is 2.47. The summed E-state index contributed by atoms with van der Waals surface area (Å²) >= 11 is 0. The molecule has 0 unspecified atom stereocenters. The number of allylic oxidation sites excluding steroid dienone is 3. The molecule has 0 heterocycles. The Morgan fingerprint density at radius 2 is 2.07 bits per heavy atom. The molecular weight excluding hydrogens is 188 g/mol. The second kappa shape index (κ2) is 3.44. The molecule has 3 nitrogen and oxygen atoms in total. The van der Waals surface area contributed by atoms with Gasteiger partial charge in [-0.3, -0.25) is 4.79 Å². The standard InChI is InChI=1S/C12H14N2O/c13-10-4-1-3-9(5-6-10)12(11(14)15)7-2-8-12/h3-6H,2,7-8,13H2,(H2,14,15). The fraction of sp³-hybridized carbons (Fsp3) is 0.333. The Hall–Kier alpha value is -1.73. The highest BCUT2D eigenvalue weighted by atomic mass is 16.1. The smallest absolute Gasteiger partial charge is 0.228 e. The molecule has 15 heavy (non-hydrogen) atoms. The minimum Gasteiger partial charge on any atom is -0.398 e. The van der Waals surface area contributed by atoms with Crippen LogP contribution in [0.25, 0.3) is 0 Å². The summed E-state index contributed by atoms with van der Waals surface area (Å²) in [6.45, 7) is 0. The van der Waals surface area contributed by atoms with Crippen LogP contribution in [-0.2, 0) is 4.79 Å². The van der Waals surface area contributed by atoms with Crippen LogP contribution in [0.3, 0.4) is 0 Å². The normalized spacial score (nSPS) is 22.4. The van der Waals surface area contributed by atoms with E-state index in [1.54, 1.807) is 18.2 Å². The van der Waals surface area contributed by atoms with Gasteiger partial charge in [0.15, 0.2) is 0 Å². The summed E-state index contributed by atoms with van der Waals surface area (Å²) in [5.41, 5.74) is 15.2. The lowest BCUT2D eigenvalue weighted by molar-refractivity contribution is -0.129. The van der Waals surface area contributed by atoms with Gasteiger partial charge in [0.2, 0.25) is 5.91 Å². The van der Waals surface area contributed by atoms with Crippen molar-refractivity contribution >= 4 is 5.91 Å². The summed E-state index contributed by atoms with van der Waals surface area (Å²) in [6.07, 6.45) is 9.87. The molecule has 0 aliphatic heterocycles. The molecule has 3 heteroatoms. The zero-order valence-corrected chi connectivity index (χ0v) is 8.49. The van der Waals surface area contributed by atoms with Gasteiger partial charge in [-0.25, -0.2) is 0 Å². The van der Waals surface area contributed by atoms with Crippen molar-refractivity contribution in [3.63, 3.8) is 0 Å². The summed E-state index contributed by atoms with van der Waals surface area (Å²) in [5.74, 6) is -0.244. The molecule has 2 aliphatic carbocycles. The maximum absolute atomic E-state index is 11.5. The van der Waals surface area contributed by atoms with Gasteiger partial charge in [-0.1, -0.05) is 12.5 Å². The third-order valence-electron chi connectivity index (χ3n) is 3.18. The van der Waals surface area contributed by atoms with Crippen molar-refractivity contribution in [2.75, 3.05) is 0 Å². The van der Waals surface area contributed by atoms with E-state index < -0.39 is 5.41 Å². The number of nitrogens with two attached hydrogens (primary N) is 2. The SMILES string of the molecule is NC(=O)C1(C2=CC=C(N)C=C=C2)CCC1. The molecule has 0 aromatic rings. The highest BCUT2D eigenvalue weighted by Gasteiger charge is 2.44. The third-order valence-corrected chi connectivity index (χ3v) is 3.18. The van der Waals surface area contributed by atoms with Crippen LogP contribution < -0.4 is 11.5 Å². The monoisotopic (exact) mass is 202 g/mol. The number of carbonyl (C=O) groups is 1. The van der Waals surface area contributed by atoms with Gasteiger partial charge < -0.3 is 11.5 Å². The largest absolute Gasteiger partial charge is 0.398 e. The maximum atomic E-state index is 11.5. The molecule has 0 saturated heterocycles. The summed E-state index contributed by atoms with van der Waals surface area (Å²) in [4.78, 5) is 11.5. The molecule has 2 aliphatic rings. The van der Waals surface area contributed by atoms with Crippen molar-refractivity contribution < 1.29 is 4.79 Å². The Kier molecular flexibility index (Phi) is 2.25. The fourth-order valence-corrected chi connectivity index (χ4v) is 2.02. The molecule has 0 bridgehead atoms. The van der Waals surface area contributed by atoms with Crippen molar-refractivity contribution in [2.45, 2.75) is 19.3 Å². The van der Waals surface area contributed by atoms with Gasteiger partial charge in [-0.05, 0) is 30.6 Å². The number of amides is 1. The third kappa shape index (κ3) is 1.51. The number of hydrogen-bond donors (Lipinski definition) is 2. The van der Waals surface area contributed by atoms with E-state index in [2.05, 4.69) is 5.73 Å². The second-order valence-corrected chi connectivity index (χ2v) is 4.04. The molecule has 2 rings (SSSR count). The van der Waals surface area contributed by atoms with Crippen LogP contribution in [-0.4, -0.2) is 5.91 Å². The van der Waals surface area contributed by atoms with E-state index in [0.29, 0.717) is 5.70 Å². The summed E-state index contributed by atoms with van der Waals surface area (Å²) < 4.78 is 0.